The Bertz CT molecular complexity index is 636. The summed E-state index contributed by atoms with van der Waals surface area (Å²) >= 11 is 5.96. The SMILES string of the molecule is O=C1CCC(=O)N1Cc1cc2nccc(Cl)n2n1. The van der Waals surface area contributed by atoms with Crippen molar-refractivity contribution in [2.75, 3.05) is 0 Å². The van der Waals surface area contributed by atoms with Gasteiger partial charge in [0.05, 0.1) is 12.2 Å². The van der Waals surface area contributed by atoms with E-state index < -0.39 is 0 Å². The van der Waals surface area contributed by atoms with Crippen molar-refractivity contribution in [3.63, 3.8) is 0 Å². The highest BCUT2D eigenvalue weighted by Crippen LogP contribution is 2.17. The molecule has 0 radical (unpaired) electrons. The lowest BCUT2D eigenvalue weighted by Gasteiger charge is -2.10. The van der Waals surface area contributed by atoms with Crippen molar-refractivity contribution in [1.29, 1.82) is 0 Å². The standard InChI is InChI=1S/C11H9ClN4O2/c12-8-3-4-13-9-5-7(14-16(8)9)6-15-10(17)1-2-11(15)18/h3-5H,1-2,6H2. The van der Waals surface area contributed by atoms with E-state index in [0.29, 0.717) is 16.5 Å². The van der Waals surface area contributed by atoms with Crippen LogP contribution in [-0.4, -0.2) is 31.3 Å². The van der Waals surface area contributed by atoms with E-state index in [9.17, 15) is 9.59 Å². The molecular weight excluding hydrogens is 256 g/mol. The van der Waals surface area contributed by atoms with Crippen LogP contribution in [0.3, 0.4) is 0 Å². The summed E-state index contributed by atoms with van der Waals surface area (Å²) in [6.07, 6.45) is 2.14. The van der Waals surface area contributed by atoms with Crippen LogP contribution in [0.25, 0.3) is 5.65 Å². The summed E-state index contributed by atoms with van der Waals surface area (Å²) in [5, 5.41) is 4.66. The van der Waals surface area contributed by atoms with Crippen LogP contribution in [0.5, 0.6) is 0 Å². The Morgan fingerprint density at radius 1 is 1.28 bits per heavy atom. The molecule has 6 nitrogen and oxygen atoms in total. The number of hydrogen-bond acceptors (Lipinski definition) is 4. The molecule has 0 atom stereocenters. The average molecular weight is 265 g/mol. The van der Waals surface area contributed by atoms with Crippen LogP contribution < -0.4 is 0 Å². The molecule has 2 aromatic heterocycles. The van der Waals surface area contributed by atoms with Crippen molar-refractivity contribution >= 4 is 29.1 Å². The average Bonchev–Trinajstić information content (AvgIpc) is 2.89. The van der Waals surface area contributed by atoms with E-state index in [-0.39, 0.29) is 31.2 Å². The van der Waals surface area contributed by atoms with Crippen LogP contribution in [0.2, 0.25) is 5.15 Å². The van der Waals surface area contributed by atoms with E-state index >= 15 is 0 Å². The zero-order valence-corrected chi connectivity index (χ0v) is 10.1. The number of likely N-dealkylation sites (tertiary alicyclic amines) is 1. The van der Waals surface area contributed by atoms with E-state index in [1.165, 1.54) is 9.42 Å². The first-order valence-corrected chi connectivity index (χ1v) is 5.85. The first kappa shape index (κ1) is 11.2. The molecule has 1 fully saturated rings. The highest BCUT2D eigenvalue weighted by Gasteiger charge is 2.29. The highest BCUT2D eigenvalue weighted by molar-refractivity contribution is 6.29. The maximum Gasteiger partial charge on any atom is 0.230 e. The molecule has 1 aliphatic heterocycles. The number of fused-ring (bicyclic) bond motifs is 1. The number of carbonyl (C=O) groups excluding carboxylic acids is 2. The minimum Gasteiger partial charge on any atom is -0.276 e. The molecule has 92 valence electrons. The van der Waals surface area contributed by atoms with Crippen molar-refractivity contribution in [2.24, 2.45) is 0 Å². The van der Waals surface area contributed by atoms with Gasteiger partial charge in [-0.15, -0.1) is 0 Å². The number of carbonyl (C=O) groups is 2. The largest absolute Gasteiger partial charge is 0.276 e. The van der Waals surface area contributed by atoms with Crippen molar-refractivity contribution in [3.05, 3.63) is 29.2 Å². The lowest BCUT2D eigenvalue weighted by molar-refractivity contribution is -0.139. The molecule has 0 N–H and O–H groups in total. The monoisotopic (exact) mass is 264 g/mol. The molecule has 7 heteroatoms. The van der Waals surface area contributed by atoms with Crippen LogP contribution in [-0.2, 0) is 16.1 Å². The van der Waals surface area contributed by atoms with E-state index in [1.807, 2.05) is 0 Å². The van der Waals surface area contributed by atoms with Crippen molar-refractivity contribution in [3.8, 4) is 0 Å². The predicted molar refractivity (Wildman–Crippen MR) is 62.8 cm³/mol. The van der Waals surface area contributed by atoms with E-state index in [2.05, 4.69) is 10.1 Å². The zero-order valence-electron chi connectivity index (χ0n) is 9.34. The van der Waals surface area contributed by atoms with Crippen LogP contribution >= 0.6 is 11.6 Å². The summed E-state index contributed by atoms with van der Waals surface area (Å²) in [4.78, 5) is 28.3. The smallest absolute Gasteiger partial charge is 0.230 e. The van der Waals surface area contributed by atoms with Gasteiger partial charge in [-0.3, -0.25) is 14.5 Å². The molecule has 3 heterocycles. The Hall–Kier alpha value is -1.95. The van der Waals surface area contributed by atoms with Gasteiger partial charge in [0.2, 0.25) is 11.8 Å². The van der Waals surface area contributed by atoms with Gasteiger partial charge in [-0.05, 0) is 6.07 Å². The number of nitrogens with zero attached hydrogens (tertiary/aromatic N) is 4. The molecule has 18 heavy (non-hydrogen) atoms. The summed E-state index contributed by atoms with van der Waals surface area (Å²) in [6.45, 7) is 0.178. The number of aromatic nitrogens is 3. The van der Waals surface area contributed by atoms with Crippen LogP contribution in [0.4, 0.5) is 0 Å². The third-order valence-corrected chi connectivity index (χ3v) is 3.12. The topological polar surface area (TPSA) is 67.6 Å². The van der Waals surface area contributed by atoms with Crippen LogP contribution in [0.1, 0.15) is 18.5 Å². The number of hydrogen-bond donors (Lipinski definition) is 0. The molecule has 3 rings (SSSR count). The summed E-state index contributed by atoms with van der Waals surface area (Å²) in [7, 11) is 0. The normalized spacial score (nSPS) is 15.9. The summed E-state index contributed by atoms with van der Waals surface area (Å²) in [5.74, 6) is -0.313. The second-order valence-corrected chi connectivity index (χ2v) is 4.43. The summed E-state index contributed by atoms with van der Waals surface area (Å²) < 4.78 is 1.47. The van der Waals surface area contributed by atoms with E-state index in [0.717, 1.165) is 0 Å². The van der Waals surface area contributed by atoms with Gasteiger partial charge in [0, 0.05) is 25.1 Å². The fourth-order valence-electron chi connectivity index (χ4n) is 1.95. The van der Waals surface area contributed by atoms with Gasteiger partial charge in [-0.2, -0.15) is 5.10 Å². The lowest BCUT2D eigenvalue weighted by atomic mass is 10.4. The second-order valence-electron chi connectivity index (χ2n) is 4.05. The quantitative estimate of drug-likeness (QED) is 0.600. The molecule has 0 bridgehead atoms. The van der Waals surface area contributed by atoms with Gasteiger partial charge in [0.25, 0.3) is 0 Å². The third-order valence-electron chi connectivity index (χ3n) is 2.84. The van der Waals surface area contributed by atoms with Gasteiger partial charge < -0.3 is 0 Å². The Morgan fingerprint density at radius 2 is 2.00 bits per heavy atom. The van der Waals surface area contributed by atoms with Gasteiger partial charge in [-0.1, -0.05) is 11.6 Å². The Labute approximate surface area is 107 Å². The Morgan fingerprint density at radius 3 is 2.67 bits per heavy atom. The van der Waals surface area contributed by atoms with Gasteiger partial charge in [0.15, 0.2) is 5.65 Å². The first-order chi connectivity index (χ1) is 8.65. The molecule has 2 aromatic rings. The molecule has 2 amide bonds. The molecule has 0 unspecified atom stereocenters. The minimum absolute atomic E-state index is 0.156. The summed E-state index contributed by atoms with van der Waals surface area (Å²) in [5.41, 5.74) is 1.19. The molecular formula is C11H9ClN4O2. The second kappa shape index (κ2) is 4.06. The highest BCUT2D eigenvalue weighted by atomic mass is 35.5. The summed E-state index contributed by atoms with van der Waals surface area (Å²) in [6, 6.07) is 3.34. The fourth-order valence-corrected chi connectivity index (χ4v) is 2.13. The molecule has 0 spiro atoms. The molecule has 0 saturated carbocycles. The Kier molecular flexibility index (Phi) is 2.52. The zero-order chi connectivity index (χ0) is 12.7. The van der Waals surface area contributed by atoms with Gasteiger partial charge >= 0.3 is 0 Å². The Balaban J connectivity index is 1.93. The van der Waals surface area contributed by atoms with Gasteiger partial charge in [0.1, 0.15) is 5.15 Å². The fraction of sp³-hybridized carbons (Fsp3) is 0.273. The maximum absolute atomic E-state index is 11.5. The van der Waals surface area contributed by atoms with Crippen molar-refractivity contribution < 1.29 is 9.59 Å². The predicted octanol–water partition coefficient (Wildman–Crippen LogP) is 1.03. The number of imide groups is 1. The third kappa shape index (κ3) is 1.74. The minimum atomic E-state index is -0.156. The number of rotatable bonds is 2. The van der Waals surface area contributed by atoms with Crippen molar-refractivity contribution in [2.45, 2.75) is 19.4 Å². The molecule has 1 aliphatic rings. The molecule has 1 saturated heterocycles. The first-order valence-electron chi connectivity index (χ1n) is 5.47. The number of amides is 2. The van der Waals surface area contributed by atoms with E-state index in [1.54, 1.807) is 18.3 Å². The van der Waals surface area contributed by atoms with E-state index in [4.69, 9.17) is 11.6 Å². The van der Waals surface area contributed by atoms with Crippen LogP contribution in [0.15, 0.2) is 18.3 Å². The maximum atomic E-state index is 11.5. The number of halogens is 1. The van der Waals surface area contributed by atoms with Crippen molar-refractivity contribution in [1.82, 2.24) is 19.5 Å². The molecule has 0 aliphatic carbocycles. The molecule has 0 aromatic carbocycles. The van der Waals surface area contributed by atoms with Gasteiger partial charge in [-0.25, -0.2) is 9.50 Å². The van der Waals surface area contributed by atoms with Crippen LogP contribution in [0, 0.1) is 0 Å². The lowest BCUT2D eigenvalue weighted by Crippen LogP contribution is -2.28.